The van der Waals surface area contributed by atoms with Gasteiger partial charge in [0, 0.05) is 87.0 Å². The van der Waals surface area contributed by atoms with Crippen LogP contribution in [0.15, 0.2) is 306 Å². The maximum atomic E-state index is 11.9. The van der Waals surface area contributed by atoms with E-state index in [1.807, 2.05) is 196 Å². The number of benzene rings is 8. The second-order valence-electron chi connectivity index (χ2n) is 22.5. The summed E-state index contributed by atoms with van der Waals surface area (Å²) in [6, 6.07) is 72.1. The average molecular weight is 1330 g/mol. The van der Waals surface area contributed by atoms with Crippen molar-refractivity contribution in [1.29, 1.82) is 0 Å². The van der Waals surface area contributed by atoms with Gasteiger partial charge in [0.05, 0.1) is 42.6 Å². The Balaban J connectivity index is 0.000000150. The fourth-order valence-electron chi connectivity index (χ4n) is 9.65. The number of aryl methyl sites for hydroxylation is 1. The fraction of sp³-hybridized carbons (Fsp3) is 0.123. The summed E-state index contributed by atoms with van der Waals surface area (Å²) in [6.07, 6.45) is 6.85. The summed E-state index contributed by atoms with van der Waals surface area (Å²) in [7, 11) is 12.9. The first-order chi connectivity index (χ1) is 47.7. The molecular weight excluding hydrogens is 1250 g/mol. The SMILES string of the molecule is CC(C)c1cc(=O)oc2ccccc12.CN(C)c1ccc(/C=C/C(=O)/C=C/c2ccc(N(C)C)cc2)cc1.COc1cc(=O)oc2ccccc12.COc1ccc2oc(=O)ccc2c1.Cn1c(=O)ccc2ccccc21.O=c1cc(O)c2ccccc2o1.O=c1ccc2ccccc2o1. The smallest absolute Gasteiger partial charge is 0.339 e. The minimum atomic E-state index is -0.536. The number of hydrogen-bond donors (Lipinski definition) is 1. The Morgan fingerprint density at radius 1 is 0.424 bits per heavy atom. The highest BCUT2D eigenvalue weighted by Gasteiger charge is 2.09. The molecule has 502 valence electrons. The minimum absolute atomic E-state index is 0.0247. The van der Waals surface area contributed by atoms with Crippen molar-refractivity contribution in [2.75, 3.05) is 52.2 Å². The molecule has 0 atom stereocenters. The van der Waals surface area contributed by atoms with Gasteiger partial charge in [0.25, 0.3) is 5.56 Å². The van der Waals surface area contributed by atoms with Gasteiger partial charge in [-0.3, -0.25) is 9.59 Å². The number of fused-ring (bicyclic) bond motifs is 6. The number of carbonyl (C=O) groups excluding carboxylic acids is 1. The minimum Gasteiger partial charge on any atom is -0.507 e. The number of para-hydroxylation sites is 5. The summed E-state index contributed by atoms with van der Waals surface area (Å²) >= 11 is 0. The number of aromatic hydroxyl groups is 1. The average Bonchev–Trinajstić information content (AvgIpc) is 0.837. The second-order valence-corrected chi connectivity index (χ2v) is 22.5. The van der Waals surface area contributed by atoms with Crippen LogP contribution in [0, 0.1) is 0 Å². The van der Waals surface area contributed by atoms with E-state index in [1.165, 1.54) is 25.3 Å². The van der Waals surface area contributed by atoms with Gasteiger partial charge < -0.3 is 51.0 Å². The zero-order valence-electron chi connectivity index (χ0n) is 56.0. The van der Waals surface area contributed by atoms with E-state index in [1.54, 1.807) is 104 Å². The number of carbonyl (C=O) groups is 1. The molecule has 0 fully saturated rings. The summed E-state index contributed by atoms with van der Waals surface area (Å²) < 4.78 is 36.5. The lowest BCUT2D eigenvalue weighted by molar-refractivity contribution is -0.110. The number of aromatic nitrogens is 1. The van der Waals surface area contributed by atoms with Crippen LogP contribution in [0.5, 0.6) is 17.2 Å². The molecule has 0 amide bonds. The van der Waals surface area contributed by atoms with Gasteiger partial charge in [-0.1, -0.05) is 129 Å². The van der Waals surface area contributed by atoms with Crippen molar-refractivity contribution >= 4 is 95.1 Å². The predicted molar refractivity (Wildman–Crippen MR) is 395 cm³/mol. The number of ketones is 1. The first-order valence-corrected chi connectivity index (χ1v) is 31.0. The van der Waals surface area contributed by atoms with E-state index in [-0.39, 0.29) is 34.0 Å². The molecule has 8 aromatic carbocycles. The van der Waals surface area contributed by atoms with Crippen molar-refractivity contribution in [3.8, 4) is 17.2 Å². The molecule has 0 aliphatic rings. The number of ether oxygens (including phenoxy) is 2. The number of nitrogens with zero attached hydrogens (tertiary/aromatic N) is 3. The molecule has 18 heteroatoms. The molecule has 0 aliphatic carbocycles. The van der Waals surface area contributed by atoms with Gasteiger partial charge in [-0.25, -0.2) is 24.0 Å². The van der Waals surface area contributed by atoms with Crippen LogP contribution >= 0.6 is 0 Å². The molecule has 6 aromatic heterocycles. The van der Waals surface area contributed by atoms with Crippen molar-refractivity contribution in [2.24, 2.45) is 7.05 Å². The maximum Gasteiger partial charge on any atom is 0.339 e. The van der Waals surface area contributed by atoms with Crippen molar-refractivity contribution < 1.29 is 41.5 Å². The molecule has 0 radical (unpaired) electrons. The topological polar surface area (TPSA) is 235 Å². The lowest BCUT2D eigenvalue weighted by Gasteiger charge is -2.11. The van der Waals surface area contributed by atoms with Gasteiger partial charge in [0.15, 0.2) is 5.78 Å². The van der Waals surface area contributed by atoms with Crippen LogP contribution in [0.2, 0.25) is 0 Å². The van der Waals surface area contributed by atoms with E-state index < -0.39 is 11.3 Å². The van der Waals surface area contributed by atoms with Crippen LogP contribution in [-0.4, -0.2) is 57.9 Å². The number of methoxy groups -OCH3 is 2. The summed E-state index contributed by atoms with van der Waals surface area (Å²) in [5.41, 5.74) is 7.37. The number of allylic oxidation sites excluding steroid dienone is 2. The number of hydrogen-bond acceptors (Lipinski definition) is 17. The first-order valence-electron chi connectivity index (χ1n) is 31.0. The van der Waals surface area contributed by atoms with E-state index in [4.69, 9.17) is 31.6 Å². The number of anilines is 2. The fourth-order valence-corrected chi connectivity index (χ4v) is 9.65. The highest BCUT2D eigenvalue weighted by molar-refractivity contribution is 6.04. The Bertz CT molecular complexity index is 5420. The highest BCUT2D eigenvalue weighted by atomic mass is 16.5. The molecule has 6 heterocycles. The predicted octanol–water partition coefficient (Wildman–Crippen LogP) is 15.5. The molecule has 14 aromatic rings. The van der Waals surface area contributed by atoms with Crippen LogP contribution in [0.25, 0.3) is 77.9 Å². The Morgan fingerprint density at radius 2 is 0.859 bits per heavy atom. The highest BCUT2D eigenvalue weighted by Crippen LogP contribution is 2.26. The van der Waals surface area contributed by atoms with Gasteiger partial charge >= 0.3 is 28.1 Å². The molecule has 1 N–H and O–H groups in total. The van der Waals surface area contributed by atoms with E-state index in [0.29, 0.717) is 45.0 Å². The molecule has 0 spiro atoms. The van der Waals surface area contributed by atoms with E-state index in [9.17, 15) is 38.7 Å². The van der Waals surface area contributed by atoms with Gasteiger partial charge in [0.2, 0.25) is 0 Å². The van der Waals surface area contributed by atoms with Crippen LogP contribution in [0.1, 0.15) is 36.5 Å². The van der Waals surface area contributed by atoms with E-state index in [2.05, 4.69) is 13.8 Å². The van der Waals surface area contributed by atoms with Crippen LogP contribution in [-0.2, 0) is 11.8 Å². The van der Waals surface area contributed by atoms with E-state index >= 15 is 0 Å². The molecule has 0 saturated carbocycles. The van der Waals surface area contributed by atoms with Gasteiger partial charge in [0.1, 0.15) is 45.2 Å². The number of rotatable bonds is 9. The third-order valence-electron chi connectivity index (χ3n) is 14.9. The van der Waals surface area contributed by atoms with Crippen LogP contribution in [0.3, 0.4) is 0 Å². The molecular formula is C81H73N3O15. The lowest BCUT2D eigenvalue weighted by atomic mass is 10.00. The second kappa shape index (κ2) is 35.1. The van der Waals surface area contributed by atoms with Crippen molar-refractivity contribution in [3.63, 3.8) is 0 Å². The Morgan fingerprint density at radius 3 is 1.40 bits per heavy atom. The summed E-state index contributed by atoms with van der Waals surface area (Å²) in [4.78, 5) is 81.8. The first kappa shape index (κ1) is 72.0. The summed E-state index contributed by atoms with van der Waals surface area (Å²) in [5.74, 6) is 1.57. The molecule has 0 unspecified atom stereocenters. The van der Waals surface area contributed by atoms with Gasteiger partial charge in [-0.2, -0.15) is 0 Å². The molecule has 0 saturated heterocycles. The quantitative estimate of drug-likeness (QED) is 0.104. The van der Waals surface area contributed by atoms with Gasteiger partial charge in [-0.15, -0.1) is 0 Å². The molecule has 99 heavy (non-hydrogen) atoms. The normalized spacial score (nSPS) is 10.6. The molecule has 18 nitrogen and oxygen atoms in total. The van der Waals surface area contributed by atoms with Gasteiger partial charge in [-0.05, 0) is 143 Å². The third kappa shape index (κ3) is 20.8. The third-order valence-corrected chi connectivity index (χ3v) is 14.9. The molecule has 0 aliphatic heterocycles. The van der Waals surface area contributed by atoms with Crippen molar-refractivity contribution in [1.82, 2.24) is 4.57 Å². The Hall–Kier alpha value is -12.8. The number of pyridine rings is 1. The monoisotopic (exact) mass is 1330 g/mol. The summed E-state index contributed by atoms with van der Waals surface area (Å²) in [5, 5.41) is 14.6. The largest absolute Gasteiger partial charge is 0.507 e. The van der Waals surface area contributed by atoms with Crippen LogP contribution in [0.4, 0.5) is 11.4 Å². The lowest BCUT2D eigenvalue weighted by Crippen LogP contribution is -2.14. The van der Waals surface area contributed by atoms with Crippen LogP contribution < -0.4 is 53.0 Å². The standard InChI is InChI=1S/C21H24N2O.C12H12O2.C10H9NO.2C10H8O3.C9H6O3.C9H6O2/c1-22(2)19-11-5-17(6-12-19)9-15-21(24)16-10-18-7-13-20(14-8-18)23(3)4;1-8(2)10-7-12(13)14-11-6-4-3-5-9(10)11;1-11-9-5-3-2-4-8(9)6-7-10(11)12;1-12-8-3-4-9-7(6-8)2-5-10(11)13-9;1-12-9-6-10(11)13-8-5-3-2-4-7(8)9;10-7-5-9(11)12-8-4-2-1-3-6(7)8;10-9-6-5-7-3-1-2-4-8(7)11-9/h5-16H,1-4H3;3-8H,1-2H3;2-7H,1H3;2*2-6H,1H3;1-5,10H;1-6H/b15-9+,16-10+;;;;;;. The molecule has 14 rings (SSSR count). The Kier molecular flexibility index (Phi) is 25.5. The maximum absolute atomic E-state index is 11.9. The summed E-state index contributed by atoms with van der Waals surface area (Å²) in [6.45, 7) is 4.14. The van der Waals surface area contributed by atoms with E-state index in [0.717, 1.165) is 72.3 Å². The molecule has 0 bridgehead atoms. The Labute approximate surface area is 568 Å². The van der Waals surface area contributed by atoms with Crippen molar-refractivity contribution in [3.05, 3.63) is 334 Å². The zero-order valence-corrected chi connectivity index (χ0v) is 56.0. The van der Waals surface area contributed by atoms with Crippen molar-refractivity contribution in [2.45, 2.75) is 19.8 Å². The zero-order chi connectivity index (χ0) is 71.0.